The maximum absolute atomic E-state index is 12.7. The van der Waals surface area contributed by atoms with Gasteiger partial charge in [-0.1, -0.05) is 25.4 Å². The predicted octanol–water partition coefficient (Wildman–Crippen LogP) is 4.47. The zero-order valence-electron chi connectivity index (χ0n) is 16.6. The Morgan fingerprint density at radius 1 is 1.14 bits per heavy atom. The molecule has 29 heavy (non-hydrogen) atoms. The Morgan fingerprint density at radius 3 is 2.31 bits per heavy atom. The van der Waals surface area contributed by atoms with E-state index in [0.29, 0.717) is 24.5 Å². The van der Waals surface area contributed by atoms with Gasteiger partial charge < -0.3 is 14.7 Å². The van der Waals surface area contributed by atoms with Gasteiger partial charge in [-0.25, -0.2) is 13.2 Å². The molecule has 7 nitrogen and oxygen atoms in total. The van der Waals surface area contributed by atoms with Gasteiger partial charge >= 0.3 is 5.97 Å². The van der Waals surface area contributed by atoms with Crippen molar-refractivity contribution in [1.29, 1.82) is 0 Å². The summed E-state index contributed by atoms with van der Waals surface area (Å²) in [6.45, 7) is 5.46. The molecule has 2 rings (SSSR count). The predicted molar refractivity (Wildman–Crippen MR) is 115 cm³/mol. The topological polar surface area (TPSA) is 95.9 Å². The summed E-state index contributed by atoms with van der Waals surface area (Å²) in [5.41, 5.74) is 0.766. The minimum absolute atomic E-state index is 0.0415. The van der Waals surface area contributed by atoms with Crippen LogP contribution in [0.25, 0.3) is 0 Å². The summed E-state index contributed by atoms with van der Waals surface area (Å²) < 4.78 is 32.8. The monoisotopic (exact) mass is 440 g/mol. The van der Waals surface area contributed by atoms with Crippen molar-refractivity contribution in [2.45, 2.75) is 31.6 Å². The van der Waals surface area contributed by atoms with Crippen molar-refractivity contribution in [2.75, 3.05) is 29.8 Å². The molecule has 158 valence electrons. The van der Waals surface area contributed by atoms with E-state index in [0.717, 1.165) is 12.8 Å². The fraction of sp³-hybridized carbons (Fsp3) is 0.350. The van der Waals surface area contributed by atoms with Crippen LogP contribution in [0.2, 0.25) is 5.02 Å². The van der Waals surface area contributed by atoms with E-state index in [4.69, 9.17) is 16.3 Å². The summed E-state index contributed by atoms with van der Waals surface area (Å²) >= 11 is 6.02. The average Bonchev–Trinajstić information content (AvgIpc) is 2.67. The normalized spacial score (nSPS) is 11.2. The molecule has 0 spiro atoms. The molecule has 0 aliphatic carbocycles. The summed E-state index contributed by atoms with van der Waals surface area (Å²) in [5.74, 6) is -0.763. The molecule has 0 atom stereocenters. The third-order valence-corrected chi connectivity index (χ3v) is 5.91. The van der Waals surface area contributed by atoms with Gasteiger partial charge in [-0.3, -0.25) is 4.72 Å². The molecule has 2 N–H and O–H groups in total. The van der Waals surface area contributed by atoms with Gasteiger partial charge in [0, 0.05) is 18.8 Å². The van der Waals surface area contributed by atoms with Crippen LogP contribution in [0.15, 0.2) is 41.3 Å². The maximum Gasteiger partial charge on any atom is 0.337 e. The highest BCUT2D eigenvalue weighted by Crippen LogP contribution is 2.29. The fourth-order valence-corrected chi connectivity index (χ4v) is 4.37. The van der Waals surface area contributed by atoms with Crippen molar-refractivity contribution in [3.05, 3.63) is 47.0 Å². The van der Waals surface area contributed by atoms with E-state index in [1.54, 1.807) is 12.1 Å². The number of aromatic carboxylic acids is 1. The lowest BCUT2D eigenvalue weighted by molar-refractivity contribution is 0.0697. The van der Waals surface area contributed by atoms with Crippen LogP contribution in [0.4, 0.5) is 11.4 Å². The van der Waals surface area contributed by atoms with E-state index in [1.807, 2.05) is 18.7 Å². The molecule has 0 aromatic heterocycles. The molecule has 9 heteroatoms. The Kier molecular flexibility index (Phi) is 7.75. The lowest BCUT2D eigenvalue weighted by atomic mass is 10.1. The number of hydrogen-bond acceptors (Lipinski definition) is 5. The first kappa shape index (κ1) is 22.8. The number of nitrogens with one attached hydrogen (secondary N) is 1. The summed E-state index contributed by atoms with van der Waals surface area (Å²) in [6.07, 6.45) is 1.73. The number of anilines is 2. The van der Waals surface area contributed by atoms with E-state index in [2.05, 4.69) is 4.72 Å². The van der Waals surface area contributed by atoms with Gasteiger partial charge in [-0.2, -0.15) is 0 Å². The Bertz CT molecular complexity index is 973. The molecular formula is C20H25ClN2O5S. The van der Waals surface area contributed by atoms with Crippen LogP contribution in [-0.2, 0) is 10.0 Å². The van der Waals surface area contributed by atoms with E-state index >= 15 is 0 Å². The molecule has 0 amide bonds. The Labute approximate surface area is 176 Å². The van der Waals surface area contributed by atoms with Gasteiger partial charge in [-0.05, 0) is 49.2 Å². The van der Waals surface area contributed by atoms with Gasteiger partial charge in [0.2, 0.25) is 0 Å². The van der Waals surface area contributed by atoms with Crippen LogP contribution in [-0.4, -0.2) is 39.7 Å². The number of halogens is 1. The third kappa shape index (κ3) is 5.55. The van der Waals surface area contributed by atoms with Crippen molar-refractivity contribution >= 4 is 39.0 Å². The summed E-state index contributed by atoms with van der Waals surface area (Å²) in [5, 5.41) is 9.81. The Balaban J connectivity index is 2.39. The highest BCUT2D eigenvalue weighted by atomic mass is 35.5. The molecule has 0 bridgehead atoms. The number of carboxylic acid groups (broad SMARTS) is 1. The second kappa shape index (κ2) is 9.84. The number of methoxy groups -OCH3 is 1. The minimum Gasteiger partial charge on any atom is -0.495 e. The third-order valence-electron chi connectivity index (χ3n) is 4.24. The standard InChI is InChI=1S/C20H25ClN2O5S/c1-4-10-23(11-5-2)18-8-6-14(12-16(18)20(24)25)22-29(26,27)15-7-9-19(28-3)17(21)13-15/h6-9,12-13,22H,4-5,10-11H2,1-3H3,(H,24,25). The number of hydrogen-bond donors (Lipinski definition) is 2. The quantitative estimate of drug-likeness (QED) is 0.565. The first-order valence-electron chi connectivity index (χ1n) is 9.22. The molecule has 0 fully saturated rings. The Morgan fingerprint density at radius 2 is 1.79 bits per heavy atom. The van der Waals surface area contributed by atoms with Crippen molar-refractivity contribution in [2.24, 2.45) is 0 Å². The van der Waals surface area contributed by atoms with E-state index in [1.165, 1.54) is 31.4 Å². The molecule has 0 radical (unpaired) electrons. The van der Waals surface area contributed by atoms with E-state index < -0.39 is 16.0 Å². The highest BCUT2D eigenvalue weighted by molar-refractivity contribution is 7.92. The second-order valence-electron chi connectivity index (χ2n) is 6.43. The number of rotatable bonds is 10. The zero-order chi connectivity index (χ0) is 21.6. The SMILES string of the molecule is CCCN(CCC)c1ccc(NS(=O)(=O)c2ccc(OC)c(Cl)c2)cc1C(=O)O. The first-order valence-corrected chi connectivity index (χ1v) is 11.1. The molecule has 0 aliphatic rings. The van der Waals surface area contributed by atoms with Crippen LogP contribution >= 0.6 is 11.6 Å². The number of carbonyl (C=O) groups is 1. The van der Waals surface area contributed by atoms with Gasteiger partial charge in [-0.15, -0.1) is 0 Å². The molecule has 0 saturated carbocycles. The van der Waals surface area contributed by atoms with Crippen molar-refractivity contribution in [3.8, 4) is 5.75 Å². The Hall–Kier alpha value is -2.45. The van der Waals surface area contributed by atoms with Crippen LogP contribution < -0.4 is 14.4 Å². The molecular weight excluding hydrogens is 416 g/mol. The van der Waals surface area contributed by atoms with E-state index in [-0.39, 0.29) is 21.2 Å². The maximum atomic E-state index is 12.7. The minimum atomic E-state index is -3.95. The van der Waals surface area contributed by atoms with Crippen molar-refractivity contribution in [3.63, 3.8) is 0 Å². The smallest absolute Gasteiger partial charge is 0.337 e. The molecule has 0 saturated heterocycles. The van der Waals surface area contributed by atoms with E-state index in [9.17, 15) is 18.3 Å². The number of sulfonamides is 1. The van der Waals surface area contributed by atoms with Gasteiger partial charge in [0.15, 0.2) is 0 Å². The molecule has 0 aliphatic heterocycles. The lowest BCUT2D eigenvalue weighted by Crippen LogP contribution is -2.27. The number of benzene rings is 2. The van der Waals surface area contributed by atoms with Crippen molar-refractivity contribution in [1.82, 2.24) is 0 Å². The summed E-state index contributed by atoms with van der Waals surface area (Å²) in [6, 6.07) is 8.62. The molecule has 2 aromatic carbocycles. The van der Waals surface area contributed by atoms with Crippen LogP contribution in [0.1, 0.15) is 37.0 Å². The first-order chi connectivity index (χ1) is 13.7. The number of carboxylic acids is 1. The fourth-order valence-electron chi connectivity index (χ4n) is 2.97. The highest BCUT2D eigenvalue weighted by Gasteiger charge is 2.20. The largest absolute Gasteiger partial charge is 0.495 e. The second-order valence-corrected chi connectivity index (χ2v) is 8.52. The van der Waals surface area contributed by atoms with Gasteiger partial charge in [0.05, 0.1) is 28.3 Å². The van der Waals surface area contributed by atoms with Crippen LogP contribution in [0, 0.1) is 0 Å². The van der Waals surface area contributed by atoms with Crippen LogP contribution in [0.5, 0.6) is 5.75 Å². The molecule has 2 aromatic rings. The van der Waals surface area contributed by atoms with Crippen LogP contribution in [0.3, 0.4) is 0 Å². The average molecular weight is 441 g/mol. The summed E-state index contributed by atoms with van der Waals surface area (Å²) in [7, 11) is -2.52. The lowest BCUT2D eigenvalue weighted by Gasteiger charge is -2.25. The molecule has 0 unspecified atom stereocenters. The van der Waals surface area contributed by atoms with Gasteiger partial charge in [0.1, 0.15) is 5.75 Å². The molecule has 0 heterocycles. The number of ether oxygens (including phenoxy) is 1. The van der Waals surface area contributed by atoms with Gasteiger partial charge in [0.25, 0.3) is 10.0 Å². The van der Waals surface area contributed by atoms with Crippen molar-refractivity contribution < 1.29 is 23.1 Å². The number of nitrogens with zero attached hydrogens (tertiary/aromatic N) is 1. The summed E-state index contributed by atoms with van der Waals surface area (Å²) in [4.78, 5) is 13.7. The zero-order valence-corrected chi connectivity index (χ0v) is 18.2.